The Balaban J connectivity index is 1.42. The Morgan fingerprint density at radius 1 is 1.05 bits per heavy atom. The molecule has 214 valence electrons. The van der Waals surface area contributed by atoms with Crippen LogP contribution in [0.4, 0.5) is 0 Å². The van der Waals surface area contributed by atoms with Crippen LogP contribution in [0.15, 0.2) is 30.3 Å². The van der Waals surface area contributed by atoms with Crippen molar-refractivity contribution in [3.63, 3.8) is 0 Å². The molecule has 1 aromatic carbocycles. The normalized spacial score (nSPS) is 46.6. The molecule has 1 aromatic rings. The van der Waals surface area contributed by atoms with Gasteiger partial charge in [0.1, 0.15) is 18.3 Å². The summed E-state index contributed by atoms with van der Waals surface area (Å²) < 4.78 is 11.7. The number of rotatable bonds is 5. The second kappa shape index (κ2) is 9.26. The highest BCUT2D eigenvalue weighted by Gasteiger charge is 2.79. The summed E-state index contributed by atoms with van der Waals surface area (Å²) in [5.74, 6) is -1.82. The first-order chi connectivity index (χ1) is 18.5. The molecule has 8 nitrogen and oxygen atoms in total. The Morgan fingerprint density at radius 2 is 1.77 bits per heavy atom. The lowest BCUT2D eigenvalue weighted by atomic mass is 9.32. The molecular weight excluding hydrogens is 498 g/mol. The minimum atomic E-state index is -1.73. The number of ether oxygens (including phenoxy) is 2. The monoisotopic (exact) mass is 541 g/mol. The topological polar surface area (TPSA) is 117 Å². The van der Waals surface area contributed by atoms with E-state index in [2.05, 4.69) is 18.7 Å². The summed E-state index contributed by atoms with van der Waals surface area (Å²) in [5, 5.41) is 36.3. The smallest absolute Gasteiger partial charge is 0.338 e. The first-order valence-corrected chi connectivity index (χ1v) is 14.7. The van der Waals surface area contributed by atoms with Gasteiger partial charge in [0.05, 0.1) is 17.8 Å². The number of likely N-dealkylation sites (tertiary alicyclic amines) is 1. The van der Waals surface area contributed by atoms with E-state index in [0.29, 0.717) is 37.8 Å². The van der Waals surface area contributed by atoms with E-state index >= 15 is 0 Å². The number of aliphatic hydroxyl groups is 3. The molecule has 6 aliphatic rings. The molecule has 10 atom stereocenters. The van der Waals surface area contributed by atoms with E-state index in [0.717, 1.165) is 25.9 Å². The predicted molar refractivity (Wildman–Crippen MR) is 143 cm³/mol. The zero-order valence-electron chi connectivity index (χ0n) is 23.3. The largest absolute Gasteiger partial charge is 0.459 e. The molecule has 7 rings (SSSR count). The number of aliphatic hydroxyl groups excluding tert-OH is 2. The molecule has 0 amide bonds. The highest BCUT2D eigenvalue weighted by atomic mass is 16.6. The second-order valence-electron chi connectivity index (χ2n) is 13.5. The maximum Gasteiger partial charge on any atom is 0.338 e. The Kier molecular flexibility index (Phi) is 6.46. The number of hydrogen-bond donors (Lipinski definition) is 3. The summed E-state index contributed by atoms with van der Waals surface area (Å²) in [6.07, 6.45) is 1.97. The van der Waals surface area contributed by atoms with Crippen LogP contribution in [0.3, 0.4) is 0 Å². The zero-order valence-corrected chi connectivity index (χ0v) is 23.3. The third kappa shape index (κ3) is 3.70. The molecule has 1 spiro atoms. The maximum atomic E-state index is 12.9. The Hall–Kier alpha value is -2.00. The van der Waals surface area contributed by atoms with Gasteiger partial charge < -0.3 is 29.7 Å². The van der Waals surface area contributed by atoms with E-state index in [9.17, 15) is 24.9 Å². The number of fused-ring (bicyclic) bond motifs is 2. The van der Waals surface area contributed by atoms with Crippen molar-refractivity contribution in [1.82, 2.24) is 4.90 Å². The molecule has 5 saturated carbocycles. The van der Waals surface area contributed by atoms with Crippen LogP contribution in [0.5, 0.6) is 0 Å². The number of hydrogen-bond acceptors (Lipinski definition) is 8. The molecule has 39 heavy (non-hydrogen) atoms. The number of piperidine rings is 1. The van der Waals surface area contributed by atoms with Gasteiger partial charge in [-0.3, -0.25) is 4.79 Å². The van der Waals surface area contributed by atoms with Gasteiger partial charge in [0, 0.05) is 42.7 Å². The van der Waals surface area contributed by atoms with Gasteiger partial charge >= 0.3 is 11.9 Å². The minimum Gasteiger partial charge on any atom is -0.459 e. The van der Waals surface area contributed by atoms with Gasteiger partial charge in [-0.15, -0.1) is 0 Å². The molecule has 6 fully saturated rings. The summed E-state index contributed by atoms with van der Waals surface area (Å²) in [4.78, 5) is 27.8. The minimum absolute atomic E-state index is 0.0317. The van der Waals surface area contributed by atoms with E-state index in [4.69, 9.17) is 9.47 Å². The molecule has 0 aromatic heterocycles. The van der Waals surface area contributed by atoms with Crippen molar-refractivity contribution in [2.24, 2.45) is 34.0 Å². The lowest BCUT2D eigenvalue weighted by Crippen LogP contribution is -2.82. The summed E-state index contributed by atoms with van der Waals surface area (Å²) in [7, 11) is 0. The van der Waals surface area contributed by atoms with Crippen LogP contribution in [-0.4, -0.2) is 82.3 Å². The van der Waals surface area contributed by atoms with Crippen LogP contribution >= 0.6 is 0 Å². The summed E-state index contributed by atoms with van der Waals surface area (Å²) in [6, 6.07) is 8.59. The second-order valence-corrected chi connectivity index (χ2v) is 13.5. The fourth-order valence-electron chi connectivity index (χ4n) is 10.5. The fraction of sp³-hybridized carbons (Fsp3) is 0.742. The van der Waals surface area contributed by atoms with Gasteiger partial charge in [0.25, 0.3) is 0 Å². The molecule has 4 bridgehead atoms. The van der Waals surface area contributed by atoms with Crippen LogP contribution in [0.25, 0.3) is 0 Å². The molecule has 3 N–H and O–H groups in total. The SMILES string of the molecule is CCN1C[C@]2(C)CC[C@H](O)[C@]3(C1)[C@@H]2CC[C@@]12CC[C@@H]([C@H](O)[C@H]13)[C@@](O)(COC(=O)c1ccccc1)[C@@H]2OC(C)=O. The fourth-order valence-corrected chi connectivity index (χ4v) is 10.5. The standard InChI is InChI=1S/C31H43NO7/c1-4-32-16-28(3)13-12-23(34)30(17-32)22(28)11-15-29-14-10-21(24(35)25(29)30)31(37,27(29)39-19(2)33)18-38-26(36)20-8-6-5-7-9-20/h5-9,21-25,27,34-35,37H,4,10-18H2,1-3H3/t21-,22+,23-,24-,25+,27+,28-,29-,30-,31-/m0/s1. The molecule has 0 radical (unpaired) electrons. The third-order valence-corrected chi connectivity index (χ3v) is 11.7. The van der Waals surface area contributed by atoms with Gasteiger partial charge in [-0.2, -0.15) is 0 Å². The van der Waals surface area contributed by atoms with E-state index < -0.39 is 52.6 Å². The van der Waals surface area contributed by atoms with Gasteiger partial charge in [0.15, 0.2) is 0 Å². The van der Waals surface area contributed by atoms with Crippen molar-refractivity contribution in [3.8, 4) is 0 Å². The van der Waals surface area contributed by atoms with Gasteiger partial charge in [-0.05, 0) is 68.5 Å². The number of carbonyl (C=O) groups excluding carboxylic acids is 2. The molecule has 5 aliphatic carbocycles. The summed E-state index contributed by atoms with van der Waals surface area (Å²) in [6.45, 7) is 8.00. The Labute approximate surface area is 230 Å². The van der Waals surface area contributed by atoms with Crippen molar-refractivity contribution in [1.29, 1.82) is 0 Å². The van der Waals surface area contributed by atoms with E-state index in [1.807, 2.05) is 6.07 Å². The maximum absolute atomic E-state index is 12.9. The number of carbonyl (C=O) groups is 2. The van der Waals surface area contributed by atoms with Crippen molar-refractivity contribution >= 4 is 11.9 Å². The summed E-state index contributed by atoms with van der Waals surface area (Å²) in [5.41, 5.74) is -2.61. The zero-order chi connectivity index (χ0) is 27.8. The van der Waals surface area contributed by atoms with Crippen molar-refractivity contribution in [2.45, 2.75) is 83.2 Å². The predicted octanol–water partition coefficient (Wildman–Crippen LogP) is 2.79. The van der Waals surface area contributed by atoms with Gasteiger partial charge in [-0.25, -0.2) is 4.79 Å². The van der Waals surface area contributed by atoms with Gasteiger partial charge in [0.2, 0.25) is 0 Å². The number of benzene rings is 1. The molecular formula is C31H43NO7. The lowest BCUT2D eigenvalue weighted by Gasteiger charge is -2.76. The Morgan fingerprint density at radius 3 is 2.46 bits per heavy atom. The third-order valence-electron chi connectivity index (χ3n) is 11.7. The van der Waals surface area contributed by atoms with E-state index in [1.54, 1.807) is 24.3 Å². The molecule has 1 aliphatic heterocycles. The highest BCUT2D eigenvalue weighted by Crippen LogP contribution is 2.74. The van der Waals surface area contributed by atoms with Crippen molar-refractivity contribution in [2.75, 3.05) is 26.2 Å². The number of esters is 2. The van der Waals surface area contributed by atoms with Crippen LogP contribution in [0.2, 0.25) is 0 Å². The van der Waals surface area contributed by atoms with E-state index in [1.165, 1.54) is 6.92 Å². The average molecular weight is 542 g/mol. The van der Waals surface area contributed by atoms with Crippen molar-refractivity contribution < 1.29 is 34.4 Å². The lowest BCUT2D eigenvalue weighted by molar-refractivity contribution is -0.356. The van der Waals surface area contributed by atoms with Gasteiger partial charge in [-0.1, -0.05) is 32.0 Å². The quantitative estimate of drug-likeness (QED) is 0.488. The highest BCUT2D eigenvalue weighted by molar-refractivity contribution is 5.89. The average Bonchev–Trinajstić information content (AvgIpc) is 2.91. The van der Waals surface area contributed by atoms with Crippen molar-refractivity contribution in [3.05, 3.63) is 35.9 Å². The Bertz CT molecular complexity index is 1130. The van der Waals surface area contributed by atoms with Crippen LogP contribution in [0.1, 0.15) is 69.7 Å². The van der Waals surface area contributed by atoms with Crippen LogP contribution < -0.4 is 0 Å². The first kappa shape index (κ1) is 27.2. The van der Waals surface area contributed by atoms with Crippen LogP contribution in [-0.2, 0) is 14.3 Å². The molecule has 8 heteroatoms. The molecule has 1 heterocycles. The number of nitrogens with zero attached hydrogens (tertiary/aromatic N) is 1. The molecule has 0 unspecified atom stereocenters. The first-order valence-electron chi connectivity index (χ1n) is 14.7. The van der Waals surface area contributed by atoms with E-state index in [-0.39, 0.29) is 23.9 Å². The summed E-state index contributed by atoms with van der Waals surface area (Å²) >= 11 is 0. The van der Waals surface area contributed by atoms with Crippen LogP contribution in [0, 0.1) is 34.0 Å². The molecule has 1 saturated heterocycles.